The van der Waals surface area contributed by atoms with Crippen molar-refractivity contribution in [2.24, 2.45) is 0 Å². The van der Waals surface area contributed by atoms with Gasteiger partial charge in [0, 0.05) is 45.5 Å². The van der Waals surface area contributed by atoms with E-state index >= 15 is 0 Å². The van der Waals surface area contributed by atoms with Gasteiger partial charge in [0.05, 0.1) is 22.4 Å². The molecule has 4 nitrogen and oxygen atoms in total. The molecule has 4 heteroatoms. The summed E-state index contributed by atoms with van der Waals surface area (Å²) in [5.74, 6) is 0.703. The molecule has 3 aromatic heterocycles. The van der Waals surface area contributed by atoms with Gasteiger partial charge in [0.25, 0.3) is 0 Å². The summed E-state index contributed by atoms with van der Waals surface area (Å²) in [4.78, 5) is 14.3. The highest BCUT2D eigenvalue weighted by molar-refractivity contribution is 6.10. The maximum absolute atomic E-state index is 5.05. The van der Waals surface area contributed by atoms with Crippen molar-refractivity contribution in [3.63, 3.8) is 0 Å². The van der Waals surface area contributed by atoms with E-state index in [9.17, 15) is 0 Å². The molecule has 49 heavy (non-hydrogen) atoms. The van der Waals surface area contributed by atoms with Crippen LogP contribution in [0.5, 0.6) is 0 Å². The first-order valence-electron chi connectivity index (χ1n) is 16.4. The Hall–Kier alpha value is -6.65. The fourth-order valence-corrected chi connectivity index (χ4v) is 6.67. The van der Waals surface area contributed by atoms with E-state index in [-0.39, 0.29) is 0 Å². The predicted octanol–water partition coefficient (Wildman–Crippen LogP) is 11.3. The van der Waals surface area contributed by atoms with E-state index in [0.29, 0.717) is 5.82 Å². The van der Waals surface area contributed by atoms with E-state index in [0.717, 1.165) is 50.5 Å². The summed E-state index contributed by atoms with van der Waals surface area (Å²) in [6.07, 6.45) is 3.68. The van der Waals surface area contributed by atoms with Crippen LogP contribution in [0.25, 0.3) is 83.6 Å². The molecule has 3 heterocycles. The molecular weight excluding hydrogens is 597 g/mol. The molecule has 0 amide bonds. The van der Waals surface area contributed by atoms with Crippen LogP contribution in [0.2, 0.25) is 0 Å². The van der Waals surface area contributed by atoms with Crippen LogP contribution in [0.1, 0.15) is 0 Å². The second-order valence-corrected chi connectivity index (χ2v) is 12.1. The molecule has 0 N–H and O–H groups in total. The van der Waals surface area contributed by atoms with Gasteiger partial charge in [-0.05, 0) is 64.7 Å². The van der Waals surface area contributed by atoms with Crippen molar-refractivity contribution < 1.29 is 0 Å². The van der Waals surface area contributed by atoms with Crippen molar-refractivity contribution in [3.8, 4) is 61.8 Å². The quantitative estimate of drug-likeness (QED) is 0.184. The van der Waals surface area contributed by atoms with Gasteiger partial charge in [0.2, 0.25) is 0 Å². The minimum atomic E-state index is 0.703. The largest absolute Gasteiger partial charge is 0.309 e. The van der Waals surface area contributed by atoms with E-state index in [2.05, 4.69) is 155 Å². The Morgan fingerprint density at radius 1 is 0.367 bits per heavy atom. The molecule has 9 aromatic rings. The topological polar surface area (TPSA) is 43.6 Å². The standard InChI is InChI=1S/C45H30N4/c1-3-10-35(11-4-1)45-47-41(29-42(48-45)34-23-19-32(20-24-34)37-12-9-27-46-30-37)33-21-17-31(18-22-33)36-25-26-44-40(28-36)39-15-7-8-16-43(39)49(44)38-13-5-2-6-14-38/h1-30H. The van der Waals surface area contributed by atoms with Crippen LogP contribution in [0.3, 0.4) is 0 Å². The Bertz CT molecular complexity index is 2560. The van der Waals surface area contributed by atoms with Crippen molar-refractivity contribution >= 4 is 21.8 Å². The van der Waals surface area contributed by atoms with Gasteiger partial charge in [0.15, 0.2) is 5.82 Å². The van der Waals surface area contributed by atoms with Crippen LogP contribution in [0.4, 0.5) is 0 Å². The molecule has 0 saturated carbocycles. The first kappa shape index (κ1) is 28.6. The van der Waals surface area contributed by atoms with Crippen molar-refractivity contribution in [2.45, 2.75) is 0 Å². The molecule has 0 saturated heterocycles. The van der Waals surface area contributed by atoms with Gasteiger partial charge in [-0.25, -0.2) is 9.97 Å². The van der Waals surface area contributed by atoms with Crippen LogP contribution in [-0.4, -0.2) is 19.5 Å². The molecule has 0 fully saturated rings. The van der Waals surface area contributed by atoms with Gasteiger partial charge in [-0.15, -0.1) is 0 Å². The fourth-order valence-electron chi connectivity index (χ4n) is 6.67. The molecule has 6 aromatic carbocycles. The molecule has 0 spiro atoms. The van der Waals surface area contributed by atoms with Crippen LogP contribution >= 0.6 is 0 Å². The highest BCUT2D eigenvalue weighted by atomic mass is 15.0. The summed E-state index contributed by atoms with van der Waals surface area (Å²) in [5.41, 5.74) is 12.9. The van der Waals surface area contributed by atoms with E-state index < -0.39 is 0 Å². The average Bonchev–Trinajstić information content (AvgIpc) is 3.52. The van der Waals surface area contributed by atoms with Crippen molar-refractivity contribution in [1.82, 2.24) is 19.5 Å². The molecule has 0 aliphatic carbocycles. The number of fused-ring (bicyclic) bond motifs is 3. The molecule has 0 unspecified atom stereocenters. The lowest BCUT2D eigenvalue weighted by molar-refractivity contribution is 1.18. The fraction of sp³-hybridized carbons (Fsp3) is 0. The Morgan fingerprint density at radius 3 is 1.59 bits per heavy atom. The Balaban J connectivity index is 1.10. The van der Waals surface area contributed by atoms with Gasteiger partial charge < -0.3 is 4.57 Å². The zero-order valence-corrected chi connectivity index (χ0v) is 26.6. The zero-order chi connectivity index (χ0) is 32.6. The van der Waals surface area contributed by atoms with E-state index in [1.54, 1.807) is 6.20 Å². The number of aromatic nitrogens is 4. The zero-order valence-electron chi connectivity index (χ0n) is 26.6. The Labute approximate surface area is 284 Å². The molecule has 0 atom stereocenters. The molecule has 0 aliphatic rings. The summed E-state index contributed by atoms with van der Waals surface area (Å²) in [5, 5.41) is 2.48. The Kier molecular flexibility index (Phi) is 7.10. The first-order valence-corrected chi connectivity index (χ1v) is 16.4. The smallest absolute Gasteiger partial charge is 0.160 e. The van der Waals surface area contributed by atoms with Gasteiger partial charge in [-0.2, -0.15) is 0 Å². The number of hydrogen-bond acceptors (Lipinski definition) is 3. The SMILES string of the molecule is c1ccc(-c2nc(-c3ccc(-c4cccnc4)cc3)cc(-c3ccc(-c4ccc5c(c4)c4ccccc4n5-c4ccccc4)cc3)n2)cc1. The maximum atomic E-state index is 5.05. The second-order valence-electron chi connectivity index (χ2n) is 12.1. The van der Waals surface area contributed by atoms with Gasteiger partial charge in [-0.3, -0.25) is 4.98 Å². The Morgan fingerprint density at radius 2 is 0.918 bits per heavy atom. The molecule has 9 rings (SSSR count). The number of nitrogens with zero attached hydrogens (tertiary/aromatic N) is 4. The summed E-state index contributed by atoms with van der Waals surface area (Å²) < 4.78 is 2.35. The molecule has 0 aliphatic heterocycles. The lowest BCUT2D eigenvalue weighted by Crippen LogP contribution is -1.96. The monoisotopic (exact) mass is 626 g/mol. The third kappa shape index (κ3) is 5.35. The van der Waals surface area contributed by atoms with Crippen molar-refractivity contribution in [3.05, 3.63) is 182 Å². The van der Waals surface area contributed by atoms with Crippen LogP contribution in [0.15, 0.2) is 182 Å². The number of benzene rings is 6. The molecule has 0 bridgehead atoms. The molecule has 0 radical (unpaired) electrons. The van der Waals surface area contributed by atoms with Crippen molar-refractivity contribution in [1.29, 1.82) is 0 Å². The normalized spacial score (nSPS) is 11.3. The lowest BCUT2D eigenvalue weighted by Gasteiger charge is -2.11. The maximum Gasteiger partial charge on any atom is 0.160 e. The van der Waals surface area contributed by atoms with Crippen LogP contribution < -0.4 is 0 Å². The van der Waals surface area contributed by atoms with Crippen LogP contribution in [0, 0.1) is 0 Å². The minimum absolute atomic E-state index is 0.703. The summed E-state index contributed by atoms with van der Waals surface area (Å²) in [7, 11) is 0. The minimum Gasteiger partial charge on any atom is -0.309 e. The van der Waals surface area contributed by atoms with Gasteiger partial charge in [0.1, 0.15) is 0 Å². The number of rotatable bonds is 6. The molecule has 230 valence electrons. The molecular formula is C45H30N4. The third-order valence-electron chi connectivity index (χ3n) is 9.13. The van der Waals surface area contributed by atoms with Crippen LogP contribution in [-0.2, 0) is 0 Å². The number of para-hydroxylation sites is 2. The van der Waals surface area contributed by atoms with Gasteiger partial charge in [-0.1, -0.05) is 127 Å². The summed E-state index contributed by atoms with van der Waals surface area (Å²) in [6, 6.07) is 59.5. The first-order chi connectivity index (χ1) is 24.3. The number of pyridine rings is 1. The second kappa shape index (κ2) is 12.2. The van der Waals surface area contributed by atoms with E-state index in [4.69, 9.17) is 9.97 Å². The van der Waals surface area contributed by atoms with E-state index in [1.165, 1.54) is 27.4 Å². The highest BCUT2D eigenvalue weighted by Gasteiger charge is 2.14. The lowest BCUT2D eigenvalue weighted by atomic mass is 9.99. The third-order valence-corrected chi connectivity index (χ3v) is 9.13. The number of hydrogen-bond donors (Lipinski definition) is 0. The average molecular weight is 627 g/mol. The van der Waals surface area contributed by atoms with Gasteiger partial charge >= 0.3 is 0 Å². The summed E-state index contributed by atoms with van der Waals surface area (Å²) >= 11 is 0. The highest BCUT2D eigenvalue weighted by Crippen LogP contribution is 2.36. The predicted molar refractivity (Wildman–Crippen MR) is 201 cm³/mol. The van der Waals surface area contributed by atoms with E-state index in [1.807, 2.05) is 30.5 Å². The van der Waals surface area contributed by atoms with Crippen molar-refractivity contribution in [2.75, 3.05) is 0 Å². The summed E-state index contributed by atoms with van der Waals surface area (Å²) in [6.45, 7) is 0.